The summed E-state index contributed by atoms with van der Waals surface area (Å²) in [6.07, 6.45) is 2.96. The van der Waals surface area contributed by atoms with Gasteiger partial charge in [0.2, 0.25) is 5.91 Å². The number of ether oxygens (including phenoxy) is 1. The summed E-state index contributed by atoms with van der Waals surface area (Å²) >= 11 is 0. The summed E-state index contributed by atoms with van der Waals surface area (Å²) in [6.45, 7) is 6.14. The Morgan fingerprint density at radius 3 is 2.17 bits per heavy atom. The molecule has 0 unspecified atom stereocenters. The Kier molecular flexibility index (Phi) is 6.84. The molecule has 0 aromatic carbocycles. The van der Waals surface area contributed by atoms with E-state index >= 15 is 0 Å². The first kappa shape index (κ1) is 19.3. The number of alkyl carbamates (subject to hydrolysis) is 1. The molecule has 7 heteroatoms. The molecular weight excluding hydrogens is 300 g/mol. The maximum atomic E-state index is 11.9. The zero-order valence-corrected chi connectivity index (χ0v) is 14.2. The fraction of sp³-hybridized carbons (Fsp3) is 0.812. The highest BCUT2D eigenvalue weighted by atomic mass is 16.6. The van der Waals surface area contributed by atoms with E-state index in [0.29, 0.717) is 32.4 Å². The molecule has 1 aliphatic carbocycles. The van der Waals surface area contributed by atoms with Crippen LogP contribution in [0.1, 0.15) is 59.3 Å². The summed E-state index contributed by atoms with van der Waals surface area (Å²) in [4.78, 5) is 34.7. The maximum Gasteiger partial charge on any atom is 0.407 e. The van der Waals surface area contributed by atoms with Crippen molar-refractivity contribution in [2.75, 3.05) is 13.1 Å². The minimum Gasteiger partial charge on any atom is -0.481 e. The van der Waals surface area contributed by atoms with Gasteiger partial charge in [-0.3, -0.25) is 9.59 Å². The molecule has 0 aromatic rings. The topological polar surface area (TPSA) is 105 Å². The van der Waals surface area contributed by atoms with Gasteiger partial charge in [0.15, 0.2) is 0 Å². The third kappa shape index (κ3) is 6.88. The maximum absolute atomic E-state index is 11.9. The van der Waals surface area contributed by atoms with Gasteiger partial charge in [-0.1, -0.05) is 12.8 Å². The number of nitrogens with one attached hydrogen (secondary N) is 2. The summed E-state index contributed by atoms with van der Waals surface area (Å²) in [5, 5.41) is 14.7. The molecule has 1 fully saturated rings. The monoisotopic (exact) mass is 328 g/mol. The van der Waals surface area contributed by atoms with Crippen molar-refractivity contribution in [2.45, 2.75) is 64.9 Å². The first-order valence-corrected chi connectivity index (χ1v) is 8.12. The third-order valence-corrected chi connectivity index (χ3v) is 3.86. The second kappa shape index (κ2) is 8.17. The largest absolute Gasteiger partial charge is 0.481 e. The smallest absolute Gasteiger partial charge is 0.407 e. The number of carbonyl (C=O) groups is 3. The van der Waals surface area contributed by atoms with Crippen LogP contribution in [-0.2, 0) is 14.3 Å². The van der Waals surface area contributed by atoms with Crippen LogP contribution in [0.3, 0.4) is 0 Å². The number of carboxylic acids is 1. The zero-order chi connectivity index (χ0) is 17.5. The van der Waals surface area contributed by atoms with Crippen LogP contribution in [0, 0.1) is 5.41 Å². The van der Waals surface area contributed by atoms with Crippen LogP contribution in [0.15, 0.2) is 0 Å². The van der Waals surface area contributed by atoms with E-state index in [4.69, 9.17) is 4.74 Å². The van der Waals surface area contributed by atoms with Crippen molar-refractivity contribution in [1.29, 1.82) is 0 Å². The van der Waals surface area contributed by atoms with Gasteiger partial charge < -0.3 is 20.5 Å². The standard InChI is InChI=1S/C16H28N2O5/c1-15(2,3)23-14(22)18-10-6-9-17-12(19)11-16(13(20)21)7-4-5-8-16/h4-11H2,1-3H3,(H,17,19)(H,18,22)(H,20,21). The number of carbonyl (C=O) groups excluding carboxylic acids is 2. The lowest BCUT2D eigenvalue weighted by Gasteiger charge is -2.22. The van der Waals surface area contributed by atoms with Crippen LogP contribution >= 0.6 is 0 Å². The first-order chi connectivity index (χ1) is 10.6. The Hall–Kier alpha value is -1.79. The van der Waals surface area contributed by atoms with Crippen molar-refractivity contribution in [3.63, 3.8) is 0 Å². The quantitative estimate of drug-likeness (QED) is 0.620. The highest BCUT2D eigenvalue weighted by molar-refractivity contribution is 5.85. The number of hydrogen-bond donors (Lipinski definition) is 3. The van der Waals surface area contributed by atoms with Gasteiger partial charge in [0.05, 0.1) is 5.41 Å². The molecule has 1 saturated carbocycles. The van der Waals surface area contributed by atoms with Gasteiger partial charge in [0, 0.05) is 19.5 Å². The lowest BCUT2D eigenvalue weighted by atomic mass is 9.82. The Bertz CT molecular complexity index is 436. The van der Waals surface area contributed by atoms with E-state index in [9.17, 15) is 19.5 Å². The van der Waals surface area contributed by atoms with Gasteiger partial charge >= 0.3 is 12.1 Å². The predicted molar refractivity (Wildman–Crippen MR) is 85.0 cm³/mol. The predicted octanol–water partition coefficient (Wildman–Crippen LogP) is 2.05. The average molecular weight is 328 g/mol. The number of hydrogen-bond acceptors (Lipinski definition) is 4. The lowest BCUT2D eigenvalue weighted by molar-refractivity contribution is -0.151. The summed E-state index contributed by atoms with van der Waals surface area (Å²) in [6, 6.07) is 0. The van der Waals surface area contributed by atoms with Crippen molar-refractivity contribution in [3.8, 4) is 0 Å². The lowest BCUT2D eigenvalue weighted by Crippen LogP contribution is -2.37. The molecule has 2 amide bonds. The van der Waals surface area contributed by atoms with Crippen molar-refractivity contribution >= 4 is 18.0 Å². The highest BCUT2D eigenvalue weighted by Gasteiger charge is 2.42. The molecular formula is C16H28N2O5. The van der Waals surface area contributed by atoms with Gasteiger partial charge in [-0.25, -0.2) is 4.79 Å². The number of aliphatic carboxylic acids is 1. The summed E-state index contributed by atoms with van der Waals surface area (Å²) in [5.41, 5.74) is -1.43. The molecule has 0 atom stereocenters. The van der Waals surface area contributed by atoms with Gasteiger partial charge in [0.25, 0.3) is 0 Å². The molecule has 23 heavy (non-hydrogen) atoms. The average Bonchev–Trinajstić information content (AvgIpc) is 2.86. The van der Waals surface area contributed by atoms with Gasteiger partial charge in [-0.2, -0.15) is 0 Å². The first-order valence-electron chi connectivity index (χ1n) is 8.12. The summed E-state index contributed by atoms with van der Waals surface area (Å²) in [5.74, 6) is -1.12. The third-order valence-electron chi connectivity index (χ3n) is 3.86. The fourth-order valence-corrected chi connectivity index (χ4v) is 2.71. The van der Waals surface area contributed by atoms with E-state index in [1.54, 1.807) is 20.8 Å². The zero-order valence-electron chi connectivity index (χ0n) is 14.2. The van der Waals surface area contributed by atoms with Gasteiger partial charge in [-0.15, -0.1) is 0 Å². The Labute approximate surface area is 137 Å². The van der Waals surface area contributed by atoms with Crippen LogP contribution in [0.4, 0.5) is 4.79 Å². The molecule has 7 nitrogen and oxygen atoms in total. The molecule has 0 radical (unpaired) electrons. The molecule has 0 bridgehead atoms. The molecule has 1 aliphatic rings. The molecule has 0 heterocycles. The minimum atomic E-state index is -0.890. The number of rotatable bonds is 7. The number of carboxylic acid groups (broad SMARTS) is 1. The second-order valence-electron chi connectivity index (χ2n) is 7.10. The number of amides is 2. The molecule has 0 aliphatic heterocycles. The second-order valence-corrected chi connectivity index (χ2v) is 7.10. The van der Waals surface area contributed by atoms with Crippen LogP contribution < -0.4 is 10.6 Å². The molecule has 0 spiro atoms. The minimum absolute atomic E-state index is 0.0296. The van der Waals surface area contributed by atoms with E-state index < -0.39 is 23.1 Å². The fourth-order valence-electron chi connectivity index (χ4n) is 2.71. The molecule has 3 N–H and O–H groups in total. The normalized spacial score (nSPS) is 16.7. The Morgan fingerprint density at radius 2 is 1.65 bits per heavy atom. The molecule has 1 rings (SSSR count). The van der Waals surface area contributed by atoms with Crippen LogP contribution in [-0.4, -0.2) is 41.8 Å². The van der Waals surface area contributed by atoms with Crippen molar-refractivity contribution < 1.29 is 24.2 Å². The molecule has 132 valence electrons. The van der Waals surface area contributed by atoms with E-state index in [1.807, 2.05) is 0 Å². The van der Waals surface area contributed by atoms with Gasteiger partial charge in [0.1, 0.15) is 5.60 Å². The van der Waals surface area contributed by atoms with Crippen LogP contribution in [0.2, 0.25) is 0 Å². The summed E-state index contributed by atoms with van der Waals surface area (Å²) < 4.78 is 5.09. The highest BCUT2D eigenvalue weighted by Crippen LogP contribution is 2.41. The van der Waals surface area contributed by atoms with Crippen molar-refractivity contribution in [1.82, 2.24) is 10.6 Å². The van der Waals surface area contributed by atoms with E-state index in [-0.39, 0.29) is 12.3 Å². The van der Waals surface area contributed by atoms with Crippen LogP contribution in [0.5, 0.6) is 0 Å². The van der Waals surface area contributed by atoms with Crippen LogP contribution in [0.25, 0.3) is 0 Å². The SMILES string of the molecule is CC(C)(C)OC(=O)NCCCNC(=O)CC1(C(=O)O)CCCC1. The summed E-state index contributed by atoms with van der Waals surface area (Å²) in [7, 11) is 0. The van der Waals surface area contributed by atoms with Crippen molar-refractivity contribution in [3.05, 3.63) is 0 Å². The Morgan fingerprint density at radius 1 is 1.09 bits per heavy atom. The van der Waals surface area contributed by atoms with Crippen molar-refractivity contribution in [2.24, 2.45) is 5.41 Å². The van der Waals surface area contributed by atoms with E-state index in [2.05, 4.69) is 10.6 Å². The molecule has 0 saturated heterocycles. The van der Waals surface area contributed by atoms with Gasteiger partial charge in [-0.05, 0) is 40.0 Å². The molecule has 0 aromatic heterocycles. The Balaban J connectivity index is 2.19. The van der Waals surface area contributed by atoms with E-state index in [1.165, 1.54) is 0 Å². The van der Waals surface area contributed by atoms with E-state index in [0.717, 1.165) is 12.8 Å².